The number of aromatic nitrogens is 1. The standard InChI is InChI=1S/C21H26N4O5/c26-19(24-18-7-1-2-10-22-18)8-9-21(28)25(14-17-6-4-12-30-17)15-20(27)23-13-16-5-3-11-29-16/h1-3,5,7,10-11,17H,4,6,8-9,12-15H2,(H,23,27)(H,22,24,26)/t17-/m0/s1. The maximum absolute atomic E-state index is 12.7. The van der Waals surface area contributed by atoms with E-state index in [1.807, 2.05) is 0 Å². The Bertz CT molecular complexity index is 819. The van der Waals surface area contributed by atoms with Gasteiger partial charge in [0.1, 0.15) is 11.6 Å². The minimum atomic E-state index is -0.304. The lowest BCUT2D eigenvalue weighted by atomic mass is 10.2. The maximum atomic E-state index is 12.7. The van der Waals surface area contributed by atoms with Gasteiger partial charge in [0.2, 0.25) is 17.7 Å². The summed E-state index contributed by atoms with van der Waals surface area (Å²) >= 11 is 0. The number of amides is 3. The number of pyridine rings is 1. The molecular weight excluding hydrogens is 388 g/mol. The monoisotopic (exact) mass is 414 g/mol. The van der Waals surface area contributed by atoms with Crippen molar-refractivity contribution in [2.75, 3.05) is 25.0 Å². The average molecular weight is 414 g/mol. The minimum absolute atomic E-state index is 0.00312. The van der Waals surface area contributed by atoms with Gasteiger partial charge >= 0.3 is 0 Å². The Labute approximate surface area is 174 Å². The molecule has 160 valence electrons. The molecule has 1 aliphatic heterocycles. The van der Waals surface area contributed by atoms with Gasteiger partial charge < -0.3 is 24.7 Å². The smallest absolute Gasteiger partial charge is 0.240 e. The highest BCUT2D eigenvalue weighted by molar-refractivity contribution is 5.93. The van der Waals surface area contributed by atoms with Crippen molar-refractivity contribution in [1.82, 2.24) is 15.2 Å². The van der Waals surface area contributed by atoms with E-state index < -0.39 is 0 Å². The van der Waals surface area contributed by atoms with Crippen LogP contribution < -0.4 is 10.6 Å². The number of nitrogens with one attached hydrogen (secondary N) is 2. The van der Waals surface area contributed by atoms with Gasteiger partial charge in [0.15, 0.2) is 0 Å². The van der Waals surface area contributed by atoms with E-state index in [1.54, 1.807) is 36.5 Å². The molecule has 3 rings (SSSR count). The van der Waals surface area contributed by atoms with Crippen molar-refractivity contribution in [3.8, 4) is 0 Å². The molecule has 1 atom stereocenters. The molecule has 0 bridgehead atoms. The van der Waals surface area contributed by atoms with Gasteiger partial charge in [-0.25, -0.2) is 4.98 Å². The van der Waals surface area contributed by atoms with Gasteiger partial charge in [-0.05, 0) is 37.1 Å². The van der Waals surface area contributed by atoms with Gasteiger partial charge in [0.25, 0.3) is 0 Å². The maximum Gasteiger partial charge on any atom is 0.240 e. The number of hydrogen-bond donors (Lipinski definition) is 2. The van der Waals surface area contributed by atoms with Crippen LogP contribution in [0, 0.1) is 0 Å². The van der Waals surface area contributed by atoms with Crippen LogP contribution in [0.25, 0.3) is 0 Å². The second-order valence-corrected chi connectivity index (χ2v) is 7.03. The molecular formula is C21H26N4O5. The fourth-order valence-electron chi connectivity index (χ4n) is 3.14. The summed E-state index contributed by atoms with van der Waals surface area (Å²) < 4.78 is 10.8. The first-order chi connectivity index (χ1) is 14.6. The van der Waals surface area contributed by atoms with E-state index in [1.165, 1.54) is 11.2 Å². The molecule has 0 spiro atoms. The second kappa shape index (κ2) is 11.1. The van der Waals surface area contributed by atoms with Crippen LogP contribution in [0.15, 0.2) is 47.2 Å². The zero-order valence-electron chi connectivity index (χ0n) is 16.7. The number of nitrogens with zero attached hydrogens (tertiary/aromatic N) is 2. The molecule has 0 aromatic carbocycles. The summed E-state index contributed by atoms with van der Waals surface area (Å²) in [6, 6.07) is 8.69. The molecule has 0 aliphatic carbocycles. The van der Waals surface area contributed by atoms with Crippen molar-refractivity contribution < 1.29 is 23.5 Å². The number of ether oxygens (including phenoxy) is 1. The molecule has 3 amide bonds. The SMILES string of the molecule is O=C(CN(C[C@@H]1CCCO1)C(=O)CCC(=O)Nc1ccccn1)NCc1ccco1. The van der Waals surface area contributed by atoms with Crippen LogP contribution in [0.5, 0.6) is 0 Å². The highest BCUT2D eigenvalue weighted by Gasteiger charge is 2.24. The van der Waals surface area contributed by atoms with Gasteiger partial charge in [0.05, 0.1) is 25.5 Å². The highest BCUT2D eigenvalue weighted by atomic mass is 16.5. The normalized spacial score (nSPS) is 15.5. The Morgan fingerprint density at radius 2 is 2.03 bits per heavy atom. The number of carbonyl (C=O) groups excluding carboxylic acids is 3. The Balaban J connectivity index is 1.50. The van der Waals surface area contributed by atoms with Crippen LogP contribution in [0.3, 0.4) is 0 Å². The van der Waals surface area contributed by atoms with Crippen molar-refractivity contribution in [2.24, 2.45) is 0 Å². The molecule has 9 heteroatoms. The first kappa shape index (κ1) is 21.5. The number of rotatable bonds is 10. The zero-order valence-corrected chi connectivity index (χ0v) is 16.7. The van der Waals surface area contributed by atoms with Crippen LogP contribution in [0.2, 0.25) is 0 Å². The third kappa shape index (κ3) is 7.00. The number of anilines is 1. The summed E-state index contributed by atoms with van der Waals surface area (Å²) in [7, 11) is 0. The summed E-state index contributed by atoms with van der Waals surface area (Å²) in [5.74, 6) is 0.196. The van der Waals surface area contributed by atoms with Gasteiger partial charge in [-0.1, -0.05) is 6.07 Å². The molecule has 1 aliphatic rings. The Morgan fingerprint density at radius 3 is 2.73 bits per heavy atom. The van der Waals surface area contributed by atoms with Crippen molar-refractivity contribution in [3.63, 3.8) is 0 Å². The van der Waals surface area contributed by atoms with E-state index in [4.69, 9.17) is 9.15 Å². The predicted octanol–water partition coefficient (Wildman–Crippen LogP) is 1.72. The fraction of sp³-hybridized carbons (Fsp3) is 0.429. The van der Waals surface area contributed by atoms with Crippen molar-refractivity contribution in [1.29, 1.82) is 0 Å². The molecule has 1 fully saturated rings. The van der Waals surface area contributed by atoms with Crippen molar-refractivity contribution in [3.05, 3.63) is 48.6 Å². The first-order valence-corrected chi connectivity index (χ1v) is 9.99. The number of carbonyl (C=O) groups is 3. The summed E-state index contributed by atoms with van der Waals surface area (Å²) in [6.45, 7) is 1.14. The van der Waals surface area contributed by atoms with Crippen molar-refractivity contribution >= 4 is 23.5 Å². The van der Waals surface area contributed by atoms with Crippen LogP contribution in [-0.4, -0.2) is 53.4 Å². The quantitative estimate of drug-likeness (QED) is 0.612. The average Bonchev–Trinajstić information content (AvgIpc) is 3.45. The predicted molar refractivity (Wildman–Crippen MR) is 108 cm³/mol. The molecule has 0 unspecified atom stereocenters. The lowest BCUT2D eigenvalue weighted by Crippen LogP contribution is -2.44. The Kier molecular flexibility index (Phi) is 7.96. The molecule has 2 aromatic heterocycles. The third-order valence-electron chi connectivity index (χ3n) is 4.67. The van der Waals surface area contributed by atoms with E-state index in [-0.39, 0.29) is 49.8 Å². The Morgan fingerprint density at radius 1 is 1.13 bits per heavy atom. The van der Waals surface area contributed by atoms with Crippen LogP contribution >= 0.6 is 0 Å². The van der Waals surface area contributed by atoms with Gasteiger partial charge in [-0.2, -0.15) is 0 Å². The van der Waals surface area contributed by atoms with Gasteiger partial charge in [-0.3, -0.25) is 14.4 Å². The third-order valence-corrected chi connectivity index (χ3v) is 4.67. The molecule has 0 saturated carbocycles. The number of furan rings is 1. The molecule has 9 nitrogen and oxygen atoms in total. The number of hydrogen-bond acceptors (Lipinski definition) is 6. The van der Waals surface area contributed by atoms with E-state index in [2.05, 4.69) is 15.6 Å². The lowest BCUT2D eigenvalue weighted by molar-refractivity contribution is -0.138. The molecule has 1 saturated heterocycles. The summed E-state index contributed by atoms with van der Waals surface area (Å²) in [4.78, 5) is 42.7. The lowest BCUT2D eigenvalue weighted by Gasteiger charge is -2.25. The molecule has 30 heavy (non-hydrogen) atoms. The fourth-order valence-corrected chi connectivity index (χ4v) is 3.14. The van der Waals surface area contributed by atoms with E-state index in [0.29, 0.717) is 24.7 Å². The molecule has 3 heterocycles. The first-order valence-electron chi connectivity index (χ1n) is 9.99. The Hall–Kier alpha value is -3.20. The zero-order chi connectivity index (χ0) is 21.2. The second-order valence-electron chi connectivity index (χ2n) is 7.03. The van der Waals surface area contributed by atoms with Crippen LogP contribution in [-0.2, 0) is 25.7 Å². The van der Waals surface area contributed by atoms with E-state index in [0.717, 1.165) is 12.8 Å². The summed E-state index contributed by atoms with van der Waals surface area (Å²) in [5.41, 5.74) is 0. The van der Waals surface area contributed by atoms with Gasteiger partial charge in [0, 0.05) is 32.2 Å². The molecule has 2 N–H and O–H groups in total. The summed E-state index contributed by atoms with van der Waals surface area (Å²) in [6.07, 6.45) is 4.80. The minimum Gasteiger partial charge on any atom is -0.467 e. The van der Waals surface area contributed by atoms with Crippen molar-refractivity contribution in [2.45, 2.75) is 38.3 Å². The highest BCUT2D eigenvalue weighted by Crippen LogP contribution is 2.14. The molecule has 2 aromatic rings. The van der Waals surface area contributed by atoms with Crippen LogP contribution in [0.4, 0.5) is 5.82 Å². The van der Waals surface area contributed by atoms with E-state index >= 15 is 0 Å². The summed E-state index contributed by atoms with van der Waals surface area (Å²) in [5, 5.41) is 5.39. The van der Waals surface area contributed by atoms with E-state index in [9.17, 15) is 14.4 Å². The molecule has 0 radical (unpaired) electrons. The van der Waals surface area contributed by atoms with Gasteiger partial charge in [-0.15, -0.1) is 0 Å². The van der Waals surface area contributed by atoms with Crippen LogP contribution in [0.1, 0.15) is 31.4 Å². The largest absolute Gasteiger partial charge is 0.467 e. The topological polar surface area (TPSA) is 114 Å².